The van der Waals surface area contributed by atoms with E-state index in [-0.39, 0.29) is 0 Å². The van der Waals surface area contributed by atoms with E-state index in [0.29, 0.717) is 12.4 Å². The maximum atomic E-state index is 5.27. The van der Waals surface area contributed by atoms with Gasteiger partial charge >= 0.3 is 0 Å². The summed E-state index contributed by atoms with van der Waals surface area (Å²) in [7, 11) is 1.76. The van der Waals surface area contributed by atoms with Gasteiger partial charge in [-0.1, -0.05) is 5.16 Å². The Hall–Kier alpha value is -1.03. The summed E-state index contributed by atoms with van der Waals surface area (Å²) in [5.41, 5.74) is 6.03. The van der Waals surface area contributed by atoms with Crippen LogP contribution in [0, 0.1) is 0 Å². The van der Waals surface area contributed by atoms with Crippen LogP contribution in [0.4, 0.5) is 5.88 Å². The third-order valence-electron chi connectivity index (χ3n) is 1.01. The standard InChI is InChI=1S/C5H9N3O/c1-7-5-2-4(3-6)8-9-5/h2,7H,3,6H2,1H3. The summed E-state index contributed by atoms with van der Waals surface area (Å²) in [6.45, 7) is 0.422. The third kappa shape index (κ3) is 1.20. The lowest BCUT2D eigenvalue weighted by Crippen LogP contribution is -1.95. The van der Waals surface area contributed by atoms with Gasteiger partial charge in [-0.25, -0.2) is 0 Å². The second-order valence-corrected chi connectivity index (χ2v) is 1.64. The minimum Gasteiger partial charge on any atom is -0.357 e. The van der Waals surface area contributed by atoms with Crippen LogP contribution in [0.25, 0.3) is 0 Å². The Morgan fingerprint density at radius 1 is 1.89 bits per heavy atom. The zero-order valence-electron chi connectivity index (χ0n) is 5.22. The van der Waals surface area contributed by atoms with Gasteiger partial charge in [-0.2, -0.15) is 0 Å². The van der Waals surface area contributed by atoms with Crippen molar-refractivity contribution in [2.75, 3.05) is 12.4 Å². The molecule has 0 radical (unpaired) electrons. The monoisotopic (exact) mass is 127 g/mol. The first-order chi connectivity index (χ1) is 4.36. The lowest BCUT2D eigenvalue weighted by Gasteiger charge is -1.83. The Bertz CT molecular complexity index is 166. The number of rotatable bonds is 2. The van der Waals surface area contributed by atoms with Crippen LogP contribution in [0.1, 0.15) is 5.69 Å². The maximum Gasteiger partial charge on any atom is 0.224 e. The molecule has 0 saturated heterocycles. The van der Waals surface area contributed by atoms with Crippen molar-refractivity contribution in [3.63, 3.8) is 0 Å². The van der Waals surface area contributed by atoms with Gasteiger partial charge in [-0.05, 0) is 0 Å². The summed E-state index contributed by atoms with van der Waals surface area (Å²) < 4.78 is 4.76. The Labute approximate surface area is 53.0 Å². The molecule has 0 aromatic carbocycles. The normalized spacial score (nSPS) is 9.56. The minimum atomic E-state index is 0.422. The number of nitrogens with zero attached hydrogens (tertiary/aromatic N) is 1. The Morgan fingerprint density at radius 2 is 2.67 bits per heavy atom. The average molecular weight is 127 g/mol. The number of hydrogen-bond acceptors (Lipinski definition) is 4. The molecule has 0 atom stereocenters. The highest BCUT2D eigenvalue weighted by atomic mass is 16.5. The topological polar surface area (TPSA) is 64.1 Å². The molecule has 0 aliphatic carbocycles. The first-order valence-corrected chi connectivity index (χ1v) is 2.70. The summed E-state index contributed by atoms with van der Waals surface area (Å²) in [6, 6.07) is 1.76. The van der Waals surface area contributed by atoms with Crippen molar-refractivity contribution in [2.24, 2.45) is 5.73 Å². The highest BCUT2D eigenvalue weighted by Gasteiger charge is 1.96. The molecular formula is C5H9N3O. The van der Waals surface area contributed by atoms with E-state index in [4.69, 9.17) is 10.3 Å². The fourth-order valence-corrected chi connectivity index (χ4v) is 0.526. The summed E-state index contributed by atoms with van der Waals surface area (Å²) in [6.07, 6.45) is 0. The van der Waals surface area contributed by atoms with Gasteiger partial charge < -0.3 is 15.6 Å². The van der Waals surface area contributed by atoms with Gasteiger partial charge in [-0.15, -0.1) is 0 Å². The van der Waals surface area contributed by atoms with Crippen molar-refractivity contribution in [3.8, 4) is 0 Å². The van der Waals surface area contributed by atoms with Crippen molar-refractivity contribution in [3.05, 3.63) is 11.8 Å². The van der Waals surface area contributed by atoms with Gasteiger partial charge in [-0.3, -0.25) is 0 Å². The maximum absolute atomic E-state index is 5.27. The van der Waals surface area contributed by atoms with Crippen LogP contribution in [0.3, 0.4) is 0 Å². The van der Waals surface area contributed by atoms with E-state index in [0.717, 1.165) is 5.69 Å². The fourth-order valence-electron chi connectivity index (χ4n) is 0.526. The SMILES string of the molecule is CNc1cc(CN)no1. The van der Waals surface area contributed by atoms with Crippen molar-refractivity contribution < 1.29 is 4.52 Å². The van der Waals surface area contributed by atoms with E-state index in [1.165, 1.54) is 0 Å². The van der Waals surface area contributed by atoms with Crippen LogP contribution in [0.2, 0.25) is 0 Å². The zero-order chi connectivity index (χ0) is 6.69. The lowest BCUT2D eigenvalue weighted by molar-refractivity contribution is 0.425. The molecule has 4 heteroatoms. The first-order valence-electron chi connectivity index (χ1n) is 2.70. The van der Waals surface area contributed by atoms with Crippen LogP contribution in [-0.2, 0) is 6.54 Å². The van der Waals surface area contributed by atoms with Gasteiger partial charge in [0.1, 0.15) is 0 Å². The summed E-state index contributed by atoms with van der Waals surface area (Å²) in [5, 5.41) is 6.44. The van der Waals surface area contributed by atoms with E-state index in [9.17, 15) is 0 Å². The molecule has 0 saturated carbocycles. The largest absolute Gasteiger partial charge is 0.357 e. The minimum absolute atomic E-state index is 0.422. The molecule has 4 nitrogen and oxygen atoms in total. The van der Waals surface area contributed by atoms with Crippen LogP contribution >= 0.6 is 0 Å². The predicted octanol–water partition coefficient (Wildman–Crippen LogP) is 0.175. The van der Waals surface area contributed by atoms with Gasteiger partial charge in [0, 0.05) is 19.7 Å². The fraction of sp³-hybridized carbons (Fsp3) is 0.400. The highest BCUT2D eigenvalue weighted by molar-refractivity contribution is 5.29. The van der Waals surface area contributed by atoms with Gasteiger partial charge in [0.25, 0.3) is 0 Å². The van der Waals surface area contributed by atoms with Crippen LogP contribution in [-0.4, -0.2) is 12.2 Å². The molecule has 9 heavy (non-hydrogen) atoms. The van der Waals surface area contributed by atoms with E-state index < -0.39 is 0 Å². The van der Waals surface area contributed by atoms with E-state index in [1.54, 1.807) is 13.1 Å². The molecule has 0 fully saturated rings. The molecule has 50 valence electrons. The first kappa shape index (κ1) is 6.10. The second-order valence-electron chi connectivity index (χ2n) is 1.64. The molecule has 0 unspecified atom stereocenters. The molecule has 0 aliphatic heterocycles. The number of anilines is 1. The number of nitrogens with two attached hydrogens (primary N) is 1. The molecule has 0 spiro atoms. The van der Waals surface area contributed by atoms with Gasteiger partial charge in [0.05, 0.1) is 5.69 Å². The molecule has 1 aromatic heterocycles. The van der Waals surface area contributed by atoms with Crippen LogP contribution < -0.4 is 11.1 Å². The molecule has 0 aliphatic rings. The molecule has 1 aromatic rings. The number of aromatic nitrogens is 1. The quantitative estimate of drug-likeness (QED) is 0.594. The van der Waals surface area contributed by atoms with Crippen molar-refractivity contribution in [1.29, 1.82) is 0 Å². The molecule has 3 N–H and O–H groups in total. The number of nitrogens with one attached hydrogen (secondary N) is 1. The smallest absolute Gasteiger partial charge is 0.224 e. The van der Waals surface area contributed by atoms with Crippen molar-refractivity contribution in [2.45, 2.75) is 6.54 Å². The Kier molecular flexibility index (Phi) is 1.69. The predicted molar refractivity (Wildman–Crippen MR) is 33.9 cm³/mol. The summed E-state index contributed by atoms with van der Waals surface area (Å²) in [5.74, 6) is 0.649. The van der Waals surface area contributed by atoms with Crippen molar-refractivity contribution in [1.82, 2.24) is 5.16 Å². The zero-order valence-corrected chi connectivity index (χ0v) is 5.22. The van der Waals surface area contributed by atoms with E-state index in [2.05, 4.69) is 10.5 Å². The van der Waals surface area contributed by atoms with Gasteiger partial charge in [0.15, 0.2) is 0 Å². The second kappa shape index (κ2) is 2.50. The third-order valence-corrected chi connectivity index (χ3v) is 1.01. The number of hydrogen-bond donors (Lipinski definition) is 2. The van der Waals surface area contributed by atoms with E-state index in [1.807, 2.05) is 0 Å². The summed E-state index contributed by atoms with van der Waals surface area (Å²) in [4.78, 5) is 0. The average Bonchev–Trinajstić information content (AvgIpc) is 2.34. The van der Waals surface area contributed by atoms with Crippen LogP contribution in [0.5, 0.6) is 0 Å². The molecular weight excluding hydrogens is 118 g/mol. The van der Waals surface area contributed by atoms with Crippen molar-refractivity contribution >= 4 is 5.88 Å². The summed E-state index contributed by atoms with van der Waals surface area (Å²) >= 11 is 0. The van der Waals surface area contributed by atoms with Gasteiger partial charge in [0.2, 0.25) is 5.88 Å². The Balaban J connectivity index is 2.74. The Morgan fingerprint density at radius 3 is 3.00 bits per heavy atom. The molecule has 0 bridgehead atoms. The molecule has 0 amide bonds. The van der Waals surface area contributed by atoms with Crippen LogP contribution in [0.15, 0.2) is 10.6 Å². The van der Waals surface area contributed by atoms with E-state index >= 15 is 0 Å². The molecule has 1 heterocycles. The molecule has 1 rings (SSSR count). The lowest BCUT2D eigenvalue weighted by atomic mass is 10.4. The highest BCUT2D eigenvalue weighted by Crippen LogP contribution is 2.06.